The summed E-state index contributed by atoms with van der Waals surface area (Å²) in [5.41, 5.74) is 2.18. The maximum absolute atomic E-state index is 11.4. The van der Waals surface area contributed by atoms with Crippen LogP contribution in [0.15, 0.2) is 36.7 Å². The third kappa shape index (κ3) is 2.59. The molecule has 1 unspecified atom stereocenters. The van der Waals surface area contributed by atoms with Gasteiger partial charge in [0.05, 0.1) is 0 Å². The van der Waals surface area contributed by atoms with Crippen LogP contribution in [0.4, 0.5) is 0 Å². The van der Waals surface area contributed by atoms with Gasteiger partial charge in [0.25, 0.3) is 0 Å². The number of aromatic nitrogens is 2. The van der Waals surface area contributed by atoms with E-state index in [1.54, 1.807) is 17.0 Å². The van der Waals surface area contributed by atoms with E-state index in [1.165, 1.54) is 5.56 Å². The molecule has 1 N–H and O–H groups in total. The molecule has 18 heavy (non-hydrogen) atoms. The zero-order chi connectivity index (χ0) is 13.1. The molecule has 0 spiro atoms. The molecule has 0 aliphatic carbocycles. The normalized spacial score (nSPS) is 12.3. The molecule has 2 rings (SSSR count). The van der Waals surface area contributed by atoms with Gasteiger partial charge in [-0.2, -0.15) is 0 Å². The first-order valence-electron chi connectivity index (χ1n) is 5.83. The summed E-state index contributed by atoms with van der Waals surface area (Å²) < 4.78 is 1.76. The Morgan fingerprint density at radius 1 is 1.39 bits per heavy atom. The van der Waals surface area contributed by atoms with E-state index in [0.717, 1.165) is 5.56 Å². The average molecular weight is 244 g/mol. The lowest BCUT2D eigenvalue weighted by Crippen LogP contribution is -2.18. The highest BCUT2D eigenvalue weighted by Crippen LogP contribution is 2.19. The largest absolute Gasteiger partial charge is 0.481 e. The van der Waals surface area contributed by atoms with E-state index in [4.69, 9.17) is 0 Å². The Balaban J connectivity index is 2.25. The monoisotopic (exact) mass is 244 g/mol. The second-order valence-electron chi connectivity index (χ2n) is 4.48. The van der Waals surface area contributed by atoms with Crippen LogP contribution in [-0.4, -0.2) is 20.6 Å². The highest BCUT2D eigenvalue weighted by Gasteiger charge is 2.23. The van der Waals surface area contributed by atoms with Gasteiger partial charge in [0.2, 0.25) is 0 Å². The van der Waals surface area contributed by atoms with E-state index >= 15 is 0 Å². The molecule has 0 saturated heterocycles. The van der Waals surface area contributed by atoms with Gasteiger partial charge in [-0.25, -0.2) is 4.98 Å². The maximum Gasteiger partial charge on any atom is 0.314 e. The Labute approximate surface area is 106 Å². The van der Waals surface area contributed by atoms with Crippen LogP contribution in [0.25, 0.3) is 0 Å². The molecule has 0 amide bonds. The third-order valence-corrected chi connectivity index (χ3v) is 3.03. The quantitative estimate of drug-likeness (QED) is 0.896. The van der Waals surface area contributed by atoms with Crippen molar-refractivity contribution in [3.8, 4) is 0 Å². The van der Waals surface area contributed by atoms with E-state index in [2.05, 4.69) is 4.98 Å². The maximum atomic E-state index is 11.4. The van der Waals surface area contributed by atoms with Crippen LogP contribution in [0, 0.1) is 6.92 Å². The van der Waals surface area contributed by atoms with Crippen molar-refractivity contribution in [3.05, 3.63) is 53.6 Å². The Morgan fingerprint density at radius 3 is 2.56 bits per heavy atom. The van der Waals surface area contributed by atoms with Crippen LogP contribution in [0.2, 0.25) is 0 Å². The molecular weight excluding hydrogens is 228 g/mol. The van der Waals surface area contributed by atoms with E-state index < -0.39 is 11.9 Å². The molecule has 1 heterocycles. The molecule has 0 bridgehead atoms. The molecule has 0 saturated carbocycles. The Hall–Kier alpha value is -2.10. The smallest absolute Gasteiger partial charge is 0.314 e. The van der Waals surface area contributed by atoms with Gasteiger partial charge in [-0.1, -0.05) is 29.8 Å². The van der Waals surface area contributed by atoms with Crippen LogP contribution >= 0.6 is 0 Å². The second-order valence-corrected chi connectivity index (χ2v) is 4.48. The molecule has 4 heteroatoms. The number of nitrogens with zero attached hydrogens (tertiary/aromatic N) is 2. The lowest BCUT2D eigenvalue weighted by Gasteiger charge is -2.12. The summed E-state index contributed by atoms with van der Waals surface area (Å²) in [6.45, 7) is 2.01. The minimum absolute atomic E-state index is 0.459. The van der Waals surface area contributed by atoms with Crippen molar-refractivity contribution in [3.63, 3.8) is 0 Å². The van der Waals surface area contributed by atoms with Crippen LogP contribution in [0.1, 0.15) is 22.9 Å². The average Bonchev–Trinajstić information content (AvgIpc) is 2.74. The Bertz CT molecular complexity index is 543. The van der Waals surface area contributed by atoms with Crippen molar-refractivity contribution in [1.82, 2.24) is 9.55 Å². The second kappa shape index (κ2) is 5.04. The molecule has 1 aromatic carbocycles. The van der Waals surface area contributed by atoms with Crippen molar-refractivity contribution in [2.45, 2.75) is 19.3 Å². The van der Waals surface area contributed by atoms with Gasteiger partial charge < -0.3 is 9.67 Å². The zero-order valence-electron chi connectivity index (χ0n) is 10.5. The molecule has 4 nitrogen and oxygen atoms in total. The fraction of sp³-hybridized carbons (Fsp3) is 0.286. The van der Waals surface area contributed by atoms with Crippen molar-refractivity contribution in [2.24, 2.45) is 7.05 Å². The van der Waals surface area contributed by atoms with Crippen molar-refractivity contribution < 1.29 is 9.90 Å². The van der Waals surface area contributed by atoms with Crippen molar-refractivity contribution >= 4 is 5.97 Å². The van der Waals surface area contributed by atoms with Gasteiger partial charge in [-0.15, -0.1) is 0 Å². The SMILES string of the molecule is Cc1ccc(CC(C(=O)O)c2nccn2C)cc1. The predicted octanol–water partition coefficient (Wildman–Crippen LogP) is 2.14. The summed E-state index contributed by atoms with van der Waals surface area (Å²) in [5, 5.41) is 9.33. The zero-order valence-corrected chi connectivity index (χ0v) is 10.5. The number of imidazole rings is 1. The minimum Gasteiger partial charge on any atom is -0.481 e. The van der Waals surface area contributed by atoms with Gasteiger partial charge in [-0.3, -0.25) is 4.79 Å². The highest BCUT2D eigenvalue weighted by molar-refractivity contribution is 5.75. The van der Waals surface area contributed by atoms with Crippen LogP contribution in [0.5, 0.6) is 0 Å². The third-order valence-electron chi connectivity index (χ3n) is 3.03. The number of hydrogen-bond donors (Lipinski definition) is 1. The summed E-state index contributed by atoms with van der Waals surface area (Å²) in [5.74, 6) is -0.861. The van der Waals surface area contributed by atoms with Crippen LogP contribution in [0.3, 0.4) is 0 Å². The Kier molecular flexibility index (Phi) is 3.46. The number of aryl methyl sites for hydroxylation is 2. The first-order valence-corrected chi connectivity index (χ1v) is 5.83. The van der Waals surface area contributed by atoms with Crippen molar-refractivity contribution in [2.75, 3.05) is 0 Å². The fourth-order valence-electron chi connectivity index (χ4n) is 1.96. The van der Waals surface area contributed by atoms with Gasteiger partial charge in [0.1, 0.15) is 11.7 Å². The molecule has 2 aromatic rings. The molecule has 0 aliphatic heterocycles. The van der Waals surface area contributed by atoms with Crippen molar-refractivity contribution in [1.29, 1.82) is 0 Å². The number of rotatable bonds is 4. The predicted molar refractivity (Wildman–Crippen MR) is 68.5 cm³/mol. The van der Waals surface area contributed by atoms with Crippen LogP contribution < -0.4 is 0 Å². The molecule has 1 atom stereocenters. The number of benzene rings is 1. The summed E-state index contributed by atoms with van der Waals surface area (Å²) in [6, 6.07) is 7.92. The number of carboxylic acids is 1. The molecule has 0 aliphatic rings. The minimum atomic E-state index is -0.843. The van der Waals surface area contributed by atoms with E-state index in [1.807, 2.05) is 38.2 Å². The number of carboxylic acid groups (broad SMARTS) is 1. The molecule has 0 radical (unpaired) electrons. The number of carbonyl (C=O) groups is 1. The summed E-state index contributed by atoms with van der Waals surface area (Å²) in [6.07, 6.45) is 3.85. The molecule has 94 valence electrons. The summed E-state index contributed by atoms with van der Waals surface area (Å²) >= 11 is 0. The van der Waals surface area contributed by atoms with Gasteiger partial charge in [-0.05, 0) is 18.9 Å². The van der Waals surface area contributed by atoms with Gasteiger partial charge >= 0.3 is 5.97 Å². The molecular formula is C14H16N2O2. The lowest BCUT2D eigenvalue weighted by molar-refractivity contribution is -0.139. The summed E-state index contributed by atoms with van der Waals surface area (Å²) in [4.78, 5) is 15.5. The molecule has 0 fully saturated rings. The topological polar surface area (TPSA) is 55.1 Å². The van der Waals surface area contributed by atoms with E-state index in [-0.39, 0.29) is 0 Å². The molecule has 1 aromatic heterocycles. The van der Waals surface area contributed by atoms with E-state index in [9.17, 15) is 9.90 Å². The van der Waals surface area contributed by atoms with Gasteiger partial charge in [0.15, 0.2) is 0 Å². The highest BCUT2D eigenvalue weighted by atomic mass is 16.4. The standard InChI is InChI=1S/C14H16N2O2/c1-10-3-5-11(6-4-10)9-12(14(17)18)13-15-7-8-16(13)2/h3-8,12H,9H2,1-2H3,(H,17,18). The lowest BCUT2D eigenvalue weighted by atomic mass is 9.98. The number of aliphatic carboxylic acids is 1. The number of hydrogen-bond acceptors (Lipinski definition) is 2. The van der Waals surface area contributed by atoms with E-state index in [0.29, 0.717) is 12.2 Å². The Morgan fingerprint density at radius 2 is 2.06 bits per heavy atom. The van der Waals surface area contributed by atoms with Gasteiger partial charge in [0, 0.05) is 19.4 Å². The fourth-order valence-corrected chi connectivity index (χ4v) is 1.96. The van der Waals surface area contributed by atoms with Crippen LogP contribution in [-0.2, 0) is 18.3 Å². The first-order chi connectivity index (χ1) is 8.58. The first kappa shape index (κ1) is 12.4. The summed E-state index contributed by atoms with van der Waals surface area (Å²) in [7, 11) is 1.81.